The quantitative estimate of drug-likeness (QED) is 0.861. The van der Waals surface area contributed by atoms with Gasteiger partial charge in [-0.1, -0.05) is 48.1 Å². The topological polar surface area (TPSA) is 35.2 Å². The molecule has 0 saturated heterocycles. The summed E-state index contributed by atoms with van der Waals surface area (Å²) in [7, 11) is 0. The molecule has 0 aromatic heterocycles. The zero-order valence-electron chi connectivity index (χ0n) is 11.4. The molecule has 2 nitrogen and oxygen atoms in total. The molecule has 2 rings (SSSR count). The molecule has 0 aliphatic rings. The Balaban J connectivity index is 2.15. The number of hydrogen-bond acceptors (Lipinski definition) is 2. The van der Waals surface area contributed by atoms with Crippen LogP contribution >= 0.6 is 23.8 Å². The molecule has 0 aliphatic heterocycles. The van der Waals surface area contributed by atoms with Crippen LogP contribution in [-0.2, 0) is 6.61 Å². The molecule has 0 atom stereocenters. The van der Waals surface area contributed by atoms with Crippen LogP contribution in [0.4, 0.5) is 0 Å². The van der Waals surface area contributed by atoms with Crippen LogP contribution in [-0.4, -0.2) is 4.99 Å². The SMILES string of the molecule is Cc1ccc(C)c(OCc2ccc(C(N)=S)cc2Cl)c1. The molecule has 0 fully saturated rings. The van der Waals surface area contributed by atoms with Gasteiger partial charge in [0.05, 0.1) is 0 Å². The molecule has 2 aromatic carbocycles. The summed E-state index contributed by atoms with van der Waals surface area (Å²) in [5.74, 6) is 0.875. The van der Waals surface area contributed by atoms with Gasteiger partial charge >= 0.3 is 0 Å². The number of nitrogens with two attached hydrogens (primary N) is 1. The maximum Gasteiger partial charge on any atom is 0.122 e. The number of rotatable bonds is 4. The van der Waals surface area contributed by atoms with Crippen molar-refractivity contribution >= 4 is 28.8 Å². The van der Waals surface area contributed by atoms with Crippen LogP contribution in [0.25, 0.3) is 0 Å². The molecule has 2 N–H and O–H groups in total. The summed E-state index contributed by atoms with van der Waals surface area (Å²) in [6.07, 6.45) is 0. The van der Waals surface area contributed by atoms with E-state index in [0.717, 1.165) is 22.4 Å². The first-order chi connectivity index (χ1) is 9.47. The first kappa shape index (κ1) is 14.8. The average Bonchev–Trinajstić information content (AvgIpc) is 2.40. The zero-order valence-corrected chi connectivity index (χ0v) is 13.0. The number of aryl methyl sites for hydroxylation is 2. The fourth-order valence-electron chi connectivity index (χ4n) is 1.84. The van der Waals surface area contributed by atoms with Crippen molar-refractivity contribution in [3.05, 3.63) is 63.7 Å². The third-order valence-corrected chi connectivity index (χ3v) is 3.65. The van der Waals surface area contributed by atoms with Gasteiger partial charge in [0.25, 0.3) is 0 Å². The largest absolute Gasteiger partial charge is 0.489 e. The minimum Gasteiger partial charge on any atom is -0.489 e. The summed E-state index contributed by atoms with van der Waals surface area (Å²) >= 11 is 11.1. The monoisotopic (exact) mass is 305 g/mol. The Hall–Kier alpha value is -1.58. The van der Waals surface area contributed by atoms with E-state index in [-0.39, 0.29) is 0 Å². The molecular formula is C16H16ClNOS. The van der Waals surface area contributed by atoms with Crippen LogP contribution in [0.2, 0.25) is 5.02 Å². The van der Waals surface area contributed by atoms with Gasteiger partial charge < -0.3 is 10.5 Å². The second-order valence-electron chi connectivity index (χ2n) is 4.73. The van der Waals surface area contributed by atoms with Gasteiger partial charge in [0.1, 0.15) is 17.3 Å². The van der Waals surface area contributed by atoms with Gasteiger partial charge in [-0.25, -0.2) is 0 Å². The molecule has 0 amide bonds. The van der Waals surface area contributed by atoms with Crippen molar-refractivity contribution < 1.29 is 4.74 Å². The lowest BCUT2D eigenvalue weighted by molar-refractivity contribution is 0.304. The van der Waals surface area contributed by atoms with Crippen molar-refractivity contribution in [3.8, 4) is 5.75 Å². The molecule has 0 bridgehead atoms. The summed E-state index contributed by atoms with van der Waals surface area (Å²) in [5.41, 5.74) is 9.52. The average molecular weight is 306 g/mol. The third kappa shape index (κ3) is 3.50. The van der Waals surface area contributed by atoms with E-state index < -0.39 is 0 Å². The maximum absolute atomic E-state index is 6.22. The van der Waals surface area contributed by atoms with Gasteiger partial charge in [-0.3, -0.25) is 0 Å². The van der Waals surface area contributed by atoms with E-state index in [1.54, 1.807) is 6.07 Å². The van der Waals surface area contributed by atoms with E-state index in [9.17, 15) is 0 Å². The molecular weight excluding hydrogens is 290 g/mol. The third-order valence-electron chi connectivity index (χ3n) is 3.06. The van der Waals surface area contributed by atoms with Crippen molar-refractivity contribution in [1.29, 1.82) is 0 Å². The predicted octanol–water partition coefficient (Wildman–Crippen LogP) is 4.17. The van der Waals surface area contributed by atoms with Crippen molar-refractivity contribution in [3.63, 3.8) is 0 Å². The van der Waals surface area contributed by atoms with Gasteiger partial charge in [-0.15, -0.1) is 0 Å². The minimum atomic E-state index is 0.342. The second-order valence-corrected chi connectivity index (χ2v) is 5.58. The summed E-state index contributed by atoms with van der Waals surface area (Å²) in [5, 5.41) is 0.612. The first-order valence-corrected chi connectivity index (χ1v) is 7.04. The molecule has 2 aromatic rings. The lowest BCUT2D eigenvalue weighted by atomic mass is 10.1. The Bertz CT molecular complexity index is 655. The van der Waals surface area contributed by atoms with Crippen molar-refractivity contribution in [2.75, 3.05) is 0 Å². The van der Waals surface area contributed by atoms with Crippen LogP contribution in [0.1, 0.15) is 22.3 Å². The van der Waals surface area contributed by atoms with Crippen molar-refractivity contribution in [2.24, 2.45) is 5.73 Å². The summed E-state index contributed by atoms with van der Waals surface area (Å²) in [6.45, 7) is 4.48. The Morgan fingerprint density at radius 1 is 1.20 bits per heavy atom. The highest BCUT2D eigenvalue weighted by atomic mass is 35.5. The summed E-state index contributed by atoms with van der Waals surface area (Å²) < 4.78 is 5.84. The van der Waals surface area contributed by atoms with E-state index in [4.69, 9.17) is 34.3 Å². The molecule has 0 heterocycles. The van der Waals surface area contributed by atoms with Crippen molar-refractivity contribution in [2.45, 2.75) is 20.5 Å². The lowest BCUT2D eigenvalue weighted by Gasteiger charge is -2.11. The smallest absolute Gasteiger partial charge is 0.122 e. The van der Waals surface area contributed by atoms with Crippen molar-refractivity contribution in [1.82, 2.24) is 0 Å². The number of benzene rings is 2. The first-order valence-electron chi connectivity index (χ1n) is 6.25. The van der Waals surface area contributed by atoms with Crippen LogP contribution in [0.5, 0.6) is 5.75 Å². The summed E-state index contributed by atoms with van der Waals surface area (Å²) in [6, 6.07) is 11.6. The standard InChI is InChI=1S/C16H16ClNOS/c1-10-3-4-11(2)15(7-10)19-9-13-6-5-12(16(18)20)8-14(13)17/h3-8H,9H2,1-2H3,(H2,18,20). The molecule has 4 heteroatoms. The Kier molecular flexibility index (Phi) is 4.63. The zero-order chi connectivity index (χ0) is 14.7. The maximum atomic E-state index is 6.22. The Morgan fingerprint density at radius 2 is 1.95 bits per heavy atom. The fraction of sp³-hybridized carbons (Fsp3) is 0.188. The minimum absolute atomic E-state index is 0.342. The van der Waals surface area contributed by atoms with E-state index in [1.807, 2.05) is 38.1 Å². The molecule has 20 heavy (non-hydrogen) atoms. The molecule has 104 valence electrons. The van der Waals surface area contributed by atoms with Crippen LogP contribution < -0.4 is 10.5 Å². The fourth-order valence-corrected chi connectivity index (χ4v) is 2.20. The van der Waals surface area contributed by atoms with Gasteiger partial charge in [0.15, 0.2) is 0 Å². The van der Waals surface area contributed by atoms with E-state index in [1.165, 1.54) is 5.56 Å². The number of ether oxygens (including phenoxy) is 1. The Labute approximate surface area is 129 Å². The number of hydrogen-bond donors (Lipinski definition) is 1. The Morgan fingerprint density at radius 3 is 2.60 bits per heavy atom. The van der Waals surface area contributed by atoms with E-state index in [0.29, 0.717) is 16.6 Å². The lowest BCUT2D eigenvalue weighted by Crippen LogP contribution is -2.09. The number of thiocarbonyl (C=S) groups is 1. The highest BCUT2D eigenvalue weighted by Gasteiger charge is 2.06. The van der Waals surface area contributed by atoms with Crippen LogP contribution in [0.3, 0.4) is 0 Å². The molecule has 0 radical (unpaired) electrons. The number of halogens is 1. The second kappa shape index (κ2) is 6.25. The molecule has 0 saturated carbocycles. The molecule has 0 unspecified atom stereocenters. The van der Waals surface area contributed by atoms with Gasteiger partial charge in [-0.05, 0) is 37.1 Å². The molecule has 0 aliphatic carbocycles. The van der Waals surface area contributed by atoms with Gasteiger partial charge in [-0.2, -0.15) is 0 Å². The van der Waals surface area contributed by atoms with Gasteiger partial charge in [0.2, 0.25) is 0 Å². The van der Waals surface area contributed by atoms with Crippen LogP contribution in [0.15, 0.2) is 36.4 Å². The van der Waals surface area contributed by atoms with Crippen LogP contribution in [0, 0.1) is 13.8 Å². The highest BCUT2D eigenvalue weighted by Crippen LogP contribution is 2.23. The normalized spacial score (nSPS) is 10.3. The van der Waals surface area contributed by atoms with E-state index >= 15 is 0 Å². The molecule has 0 spiro atoms. The summed E-state index contributed by atoms with van der Waals surface area (Å²) in [4.78, 5) is 0.342. The van der Waals surface area contributed by atoms with E-state index in [2.05, 4.69) is 6.07 Å². The highest BCUT2D eigenvalue weighted by molar-refractivity contribution is 7.80. The predicted molar refractivity (Wildman–Crippen MR) is 87.6 cm³/mol. The van der Waals surface area contributed by atoms with Gasteiger partial charge in [0, 0.05) is 16.1 Å².